The van der Waals surface area contributed by atoms with Gasteiger partial charge >= 0.3 is 0 Å². The van der Waals surface area contributed by atoms with Gasteiger partial charge in [-0.25, -0.2) is 8.42 Å². The summed E-state index contributed by atoms with van der Waals surface area (Å²) in [4.78, 5) is 15.2. The molecule has 0 aromatic heterocycles. The zero-order chi connectivity index (χ0) is 20.3. The van der Waals surface area contributed by atoms with Crippen molar-refractivity contribution in [1.82, 2.24) is 4.31 Å². The van der Waals surface area contributed by atoms with Gasteiger partial charge in [-0.2, -0.15) is 4.31 Å². The summed E-state index contributed by atoms with van der Waals surface area (Å²) in [6, 6.07) is 5.17. The molecule has 1 aromatic carbocycles. The molecular weight excluding hydrogens is 390 g/mol. The molecule has 2 aliphatic heterocycles. The van der Waals surface area contributed by atoms with Gasteiger partial charge < -0.3 is 15.0 Å². The van der Waals surface area contributed by atoms with Crippen LogP contribution in [-0.4, -0.2) is 58.0 Å². The summed E-state index contributed by atoms with van der Waals surface area (Å²) < 4.78 is 32.9. The highest BCUT2D eigenvalue weighted by Crippen LogP contribution is 2.34. The molecule has 0 bridgehead atoms. The van der Waals surface area contributed by atoms with Crippen molar-refractivity contribution in [2.24, 2.45) is 5.92 Å². The van der Waals surface area contributed by atoms with Crippen LogP contribution in [0.3, 0.4) is 0 Å². The molecule has 29 heavy (non-hydrogen) atoms. The fourth-order valence-corrected chi connectivity index (χ4v) is 6.06. The van der Waals surface area contributed by atoms with E-state index in [0.29, 0.717) is 44.3 Å². The van der Waals surface area contributed by atoms with Crippen molar-refractivity contribution in [2.45, 2.75) is 49.8 Å². The molecule has 2 heterocycles. The summed E-state index contributed by atoms with van der Waals surface area (Å²) >= 11 is 0. The number of sulfonamides is 1. The number of carbonyl (C=O) groups is 1. The number of carbonyl (C=O) groups excluding carboxylic acids is 1. The van der Waals surface area contributed by atoms with E-state index in [2.05, 4.69) is 10.2 Å². The van der Waals surface area contributed by atoms with Crippen LogP contribution in [0.15, 0.2) is 23.1 Å². The van der Waals surface area contributed by atoms with Crippen molar-refractivity contribution >= 4 is 27.3 Å². The summed E-state index contributed by atoms with van der Waals surface area (Å²) in [6.07, 6.45) is 7.36. The number of hydrogen-bond acceptors (Lipinski definition) is 5. The number of benzene rings is 1. The number of rotatable bonds is 6. The van der Waals surface area contributed by atoms with Gasteiger partial charge in [0.25, 0.3) is 0 Å². The topological polar surface area (TPSA) is 79.0 Å². The van der Waals surface area contributed by atoms with Crippen LogP contribution in [0.25, 0.3) is 0 Å². The molecule has 7 nitrogen and oxygen atoms in total. The molecule has 1 aromatic rings. The Kier molecular flexibility index (Phi) is 6.41. The van der Waals surface area contributed by atoms with Crippen molar-refractivity contribution in [3.63, 3.8) is 0 Å². The smallest absolute Gasteiger partial charge is 0.243 e. The number of hydrogen-bond donors (Lipinski definition) is 1. The maximum Gasteiger partial charge on any atom is 0.243 e. The summed E-state index contributed by atoms with van der Waals surface area (Å²) in [5.41, 5.74) is 1.53. The fourth-order valence-electron chi connectivity index (χ4n) is 4.62. The van der Waals surface area contributed by atoms with Crippen molar-refractivity contribution in [1.29, 1.82) is 0 Å². The van der Waals surface area contributed by atoms with E-state index >= 15 is 0 Å². The molecule has 2 saturated heterocycles. The normalized spacial score (nSPS) is 21.6. The minimum absolute atomic E-state index is 0.0155. The summed E-state index contributed by atoms with van der Waals surface area (Å²) in [7, 11) is -3.60. The Bertz CT molecular complexity index is 824. The third kappa shape index (κ3) is 4.75. The van der Waals surface area contributed by atoms with Crippen LogP contribution in [0.1, 0.15) is 44.9 Å². The van der Waals surface area contributed by atoms with E-state index in [1.165, 1.54) is 17.1 Å². The second-order valence-electron chi connectivity index (χ2n) is 8.29. The molecule has 0 unspecified atom stereocenters. The first kappa shape index (κ1) is 20.6. The lowest BCUT2D eigenvalue weighted by molar-refractivity contribution is -0.117. The predicted molar refractivity (Wildman–Crippen MR) is 113 cm³/mol. The minimum atomic E-state index is -3.60. The minimum Gasteiger partial charge on any atom is -0.379 e. The lowest BCUT2D eigenvalue weighted by atomic mass is 10.0. The van der Waals surface area contributed by atoms with Gasteiger partial charge in [-0.1, -0.05) is 12.8 Å². The van der Waals surface area contributed by atoms with Crippen molar-refractivity contribution in [2.75, 3.05) is 49.6 Å². The first-order valence-corrected chi connectivity index (χ1v) is 12.2. The zero-order valence-corrected chi connectivity index (χ0v) is 17.8. The van der Waals surface area contributed by atoms with Crippen LogP contribution in [-0.2, 0) is 19.6 Å². The standard InChI is InChI=1S/C21H31N3O4S/c25-21(15-17-5-1-2-6-17)22-19-16-18(7-8-20(19)23-9-3-4-10-23)29(26,27)24-11-13-28-14-12-24/h7-8,16-17H,1-6,9-15H2,(H,22,25). The molecule has 0 atom stereocenters. The number of anilines is 2. The first-order chi connectivity index (χ1) is 14.0. The molecule has 0 radical (unpaired) electrons. The van der Waals surface area contributed by atoms with Gasteiger partial charge in [0.05, 0.1) is 29.5 Å². The number of ether oxygens (including phenoxy) is 1. The quantitative estimate of drug-likeness (QED) is 0.764. The molecule has 1 saturated carbocycles. The molecule has 0 spiro atoms. The Hall–Kier alpha value is -1.64. The van der Waals surface area contributed by atoms with Crippen LogP contribution in [0, 0.1) is 5.92 Å². The van der Waals surface area contributed by atoms with Gasteiger partial charge in [0, 0.05) is 32.6 Å². The third-order valence-electron chi connectivity index (χ3n) is 6.25. The molecule has 1 aliphatic carbocycles. The van der Waals surface area contributed by atoms with E-state index in [4.69, 9.17) is 4.74 Å². The van der Waals surface area contributed by atoms with E-state index < -0.39 is 10.0 Å². The summed E-state index contributed by atoms with van der Waals surface area (Å²) in [5.74, 6) is 0.434. The Morgan fingerprint density at radius 1 is 1.03 bits per heavy atom. The van der Waals surface area contributed by atoms with Crippen LogP contribution in [0.5, 0.6) is 0 Å². The van der Waals surface area contributed by atoms with Crippen molar-refractivity contribution in [3.8, 4) is 0 Å². The fraction of sp³-hybridized carbons (Fsp3) is 0.667. The molecule has 3 fully saturated rings. The Balaban J connectivity index is 1.58. The van der Waals surface area contributed by atoms with Gasteiger partial charge in [-0.15, -0.1) is 0 Å². The maximum atomic E-state index is 13.1. The Labute approximate surface area is 173 Å². The largest absolute Gasteiger partial charge is 0.379 e. The molecule has 160 valence electrons. The molecule has 3 aliphatic rings. The molecular formula is C21H31N3O4S. The number of nitrogens with zero attached hydrogens (tertiary/aromatic N) is 2. The monoisotopic (exact) mass is 421 g/mol. The summed E-state index contributed by atoms with van der Waals surface area (Å²) in [6.45, 7) is 3.41. The van der Waals surface area contributed by atoms with Gasteiger partial charge in [-0.05, 0) is 49.8 Å². The second-order valence-corrected chi connectivity index (χ2v) is 10.2. The molecule has 8 heteroatoms. The predicted octanol–water partition coefficient (Wildman–Crippen LogP) is 2.83. The molecule has 4 rings (SSSR count). The van der Waals surface area contributed by atoms with Crippen LogP contribution in [0.4, 0.5) is 11.4 Å². The van der Waals surface area contributed by atoms with E-state index in [9.17, 15) is 13.2 Å². The second kappa shape index (κ2) is 9.02. The van der Waals surface area contributed by atoms with Gasteiger partial charge in [0.1, 0.15) is 0 Å². The van der Waals surface area contributed by atoms with Crippen LogP contribution >= 0.6 is 0 Å². The van der Waals surface area contributed by atoms with Crippen molar-refractivity contribution < 1.29 is 17.9 Å². The van der Waals surface area contributed by atoms with Crippen LogP contribution < -0.4 is 10.2 Å². The Morgan fingerprint density at radius 2 is 1.72 bits per heavy atom. The zero-order valence-electron chi connectivity index (χ0n) is 16.9. The van der Waals surface area contributed by atoms with E-state index in [0.717, 1.165) is 44.5 Å². The van der Waals surface area contributed by atoms with Crippen molar-refractivity contribution in [3.05, 3.63) is 18.2 Å². The SMILES string of the molecule is O=C(CC1CCCC1)Nc1cc(S(=O)(=O)N2CCOCC2)ccc1N1CCCC1. The van der Waals surface area contributed by atoms with Crippen LogP contribution in [0.2, 0.25) is 0 Å². The summed E-state index contributed by atoms with van der Waals surface area (Å²) in [5, 5.41) is 3.04. The average molecular weight is 422 g/mol. The van der Waals surface area contributed by atoms with E-state index in [1.54, 1.807) is 12.1 Å². The Morgan fingerprint density at radius 3 is 2.41 bits per heavy atom. The maximum absolute atomic E-state index is 13.1. The lowest BCUT2D eigenvalue weighted by Gasteiger charge is -2.27. The number of morpholine rings is 1. The first-order valence-electron chi connectivity index (χ1n) is 10.8. The van der Waals surface area contributed by atoms with Gasteiger partial charge in [0.15, 0.2) is 0 Å². The molecule has 1 N–H and O–H groups in total. The highest BCUT2D eigenvalue weighted by atomic mass is 32.2. The lowest BCUT2D eigenvalue weighted by Crippen LogP contribution is -2.40. The number of nitrogens with one attached hydrogen (secondary N) is 1. The van der Waals surface area contributed by atoms with E-state index in [1.807, 2.05) is 6.07 Å². The molecule has 1 amide bonds. The third-order valence-corrected chi connectivity index (χ3v) is 8.14. The highest BCUT2D eigenvalue weighted by molar-refractivity contribution is 7.89. The van der Waals surface area contributed by atoms with Gasteiger partial charge in [0.2, 0.25) is 15.9 Å². The van der Waals surface area contributed by atoms with Gasteiger partial charge in [-0.3, -0.25) is 4.79 Å². The number of amides is 1. The average Bonchev–Trinajstić information content (AvgIpc) is 3.43. The highest BCUT2D eigenvalue weighted by Gasteiger charge is 2.28. The van der Waals surface area contributed by atoms with E-state index in [-0.39, 0.29) is 10.8 Å².